The quantitative estimate of drug-likeness (QED) is 0.637. The third-order valence-electron chi connectivity index (χ3n) is 3.18. The molecule has 0 aliphatic heterocycles. The van der Waals surface area contributed by atoms with Gasteiger partial charge in [-0.1, -0.05) is 46.3 Å². The minimum Gasteiger partial charge on any atom is -0.507 e. The van der Waals surface area contributed by atoms with Crippen molar-refractivity contribution in [2.75, 3.05) is 0 Å². The Morgan fingerprint density at radius 1 is 1.05 bits per heavy atom. The molecule has 0 fully saturated rings. The van der Waals surface area contributed by atoms with Crippen LogP contribution < -0.4 is 0 Å². The molecule has 0 radical (unpaired) electrons. The second-order valence-electron chi connectivity index (χ2n) is 4.58. The monoisotopic (exact) mass is 343 g/mol. The van der Waals surface area contributed by atoms with E-state index in [1.807, 2.05) is 30.3 Å². The topological polar surface area (TPSA) is 32.6 Å². The van der Waals surface area contributed by atoms with E-state index in [1.54, 1.807) is 18.2 Å². The zero-order chi connectivity index (χ0) is 14.8. The Kier molecular flexibility index (Phi) is 3.71. The zero-order valence-electron chi connectivity index (χ0n) is 10.9. The van der Waals surface area contributed by atoms with Crippen LogP contribution >= 0.6 is 15.9 Å². The zero-order valence-corrected chi connectivity index (χ0v) is 12.5. The fourth-order valence-corrected chi connectivity index (χ4v) is 2.43. The summed E-state index contributed by atoms with van der Waals surface area (Å²) >= 11 is 3.20. The van der Waals surface area contributed by atoms with Crippen molar-refractivity contribution in [3.63, 3.8) is 0 Å². The van der Waals surface area contributed by atoms with Gasteiger partial charge in [-0.25, -0.2) is 4.39 Å². The molecule has 1 N–H and O–H groups in total. The molecular weight excluding hydrogens is 333 g/mol. The van der Waals surface area contributed by atoms with Gasteiger partial charge in [-0.2, -0.15) is 0 Å². The van der Waals surface area contributed by atoms with Crippen molar-refractivity contribution < 1.29 is 9.50 Å². The predicted molar refractivity (Wildman–Crippen MR) is 87.0 cm³/mol. The summed E-state index contributed by atoms with van der Waals surface area (Å²) in [4.78, 5) is 4.10. The Hall–Kier alpha value is -2.20. The fraction of sp³-hybridized carbons (Fsp3) is 0. The summed E-state index contributed by atoms with van der Waals surface area (Å²) in [6, 6.07) is 15.8. The number of hydrogen-bond acceptors (Lipinski definition) is 2. The normalized spacial score (nSPS) is 11.3. The highest BCUT2D eigenvalue weighted by Gasteiger charge is 2.05. The Bertz CT molecular complexity index is 845. The summed E-state index contributed by atoms with van der Waals surface area (Å²) in [7, 11) is 0. The summed E-state index contributed by atoms with van der Waals surface area (Å²) in [5.74, 6) is -0.268. The molecule has 21 heavy (non-hydrogen) atoms. The third-order valence-corrected chi connectivity index (χ3v) is 3.68. The molecule has 0 bridgehead atoms. The molecule has 4 heteroatoms. The van der Waals surface area contributed by atoms with Crippen LogP contribution in [0.3, 0.4) is 0 Å². The average molecular weight is 344 g/mol. The summed E-state index contributed by atoms with van der Waals surface area (Å²) in [6.45, 7) is 0. The lowest BCUT2D eigenvalue weighted by atomic mass is 10.1. The molecule has 0 unspecified atom stereocenters. The highest BCUT2D eigenvalue weighted by Crippen LogP contribution is 2.28. The van der Waals surface area contributed by atoms with E-state index < -0.39 is 5.82 Å². The Morgan fingerprint density at radius 2 is 1.86 bits per heavy atom. The SMILES string of the molecule is Oc1c(C=Nc2ccc(Br)cc2F)ccc2ccccc12. The molecule has 0 aliphatic rings. The Labute approximate surface area is 129 Å². The first-order valence-corrected chi connectivity index (χ1v) is 7.14. The van der Waals surface area contributed by atoms with Crippen LogP contribution in [0.4, 0.5) is 10.1 Å². The maximum Gasteiger partial charge on any atom is 0.149 e. The van der Waals surface area contributed by atoms with E-state index in [1.165, 1.54) is 12.3 Å². The van der Waals surface area contributed by atoms with Gasteiger partial charge in [-0.05, 0) is 29.7 Å². The highest BCUT2D eigenvalue weighted by atomic mass is 79.9. The first kappa shape index (κ1) is 13.8. The van der Waals surface area contributed by atoms with Crippen LogP contribution in [0.1, 0.15) is 5.56 Å². The summed E-state index contributed by atoms with van der Waals surface area (Å²) in [5, 5.41) is 11.9. The van der Waals surface area contributed by atoms with E-state index in [0.29, 0.717) is 10.0 Å². The van der Waals surface area contributed by atoms with Crippen LogP contribution in [0, 0.1) is 5.82 Å². The van der Waals surface area contributed by atoms with Crippen LogP contribution in [0.25, 0.3) is 10.8 Å². The number of phenolic OH excluding ortho intramolecular Hbond substituents is 1. The van der Waals surface area contributed by atoms with Crippen molar-refractivity contribution in [1.82, 2.24) is 0 Å². The molecule has 0 saturated carbocycles. The second-order valence-corrected chi connectivity index (χ2v) is 5.49. The number of rotatable bonds is 2. The molecule has 2 nitrogen and oxygen atoms in total. The molecule has 0 spiro atoms. The number of nitrogens with zero attached hydrogens (tertiary/aromatic N) is 1. The second kappa shape index (κ2) is 5.66. The minimum atomic E-state index is -0.416. The van der Waals surface area contributed by atoms with Gasteiger partial charge in [0.25, 0.3) is 0 Å². The van der Waals surface area contributed by atoms with Gasteiger partial charge in [0.15, 0.2) is 0 Å². The van der Waals surface area contributed by atoms with E-state index in [4.69, 9.17) is 0 Å². The molecule has 3 aromatic carbocycles. The fourth-order valence-electron chi connectivity index (χ4n) is 2.10. The van der Waals surface area contributed by atoms with E-state index in [0.717, 1.165) is 10.8 Å². The Morgan fingerprint density at radius 3 is 2.67 bits per heavy atom. The van der Waals surface area contributed by atoms with Crippen LogP contribution in [-0.2, 0) is 0 Å². The van der Waals surface area contributed by atoms with Gasteiger partial charge in [0.2, 0.25) is 0 Å². The highest BCUT2D eigenvalue weighted by molar-refractivity contribution is 9.10. The lowest BCUT2D eigenvalue weighted by Gasteiger charge is -2.04. The molecular formula is C17H11BrFNO. The molecule has 0 heterocycles. The molecule has 3 rings (SSSR count). The maximum absolute atomic E-state index is 13.7. The van der Waals surface area contributed by atoms with Crippen LogP contribution in [0.5, 0.6) is 5.75 Å². The summed E-state index contributed by atoms with van der Waals surface area (Å²) < 4.78 is 14.4. The Balaban J connectivity index is 2.01. The van der Waals surface area contributed by atoms with Crippen LogP contribution in [0.15, 0.2) is 64.1 Å². The van der Waals surface area contributed by atoms with Crippen LogP contribution in [-0.4, -0.2) is 11.3 Å². The molecule has 0 atom stereocenters. The lowest BCUT2D eigenvalue weighted by Crippen LogP contribution is -1.85. The van der Waals surface area contributed by atoms with Crippen LogP contribution in [0.2, 0.25) is 0 Å². The van der Waals surface area contributed by atoms with Gasteiger partial charge in [0.05, 0.1) is 5.69 Å². The van der Waals surface area contributed by atoms with Gasteiger partial charge in [0, 0.05) is 21.6 Å². The number of hydrogen-bond donors (Lipinski definition) is 1. The first-order chi connectivity index (χ1) is 10.1. The molecule has 0 amide bonds. The number of phenols is 1. The maximum atomic E-state index is 13.7. The van der Waals surface area contributed by atoms with E-state index in [2.05, 4.69) is 20.9 Å². The van der Waals surface area contributed by atoms with Gasteiger partial charge in [-0.3, -0.25) is 4.99 Å². The van der Waals surface area contributed by atoms with Crippen molar-refractivity contribution in [1.29, 1.82) is 0 Å². The number of benzene rings is 3. The standard InChI is InChI=1S/C17H11BrFNO/c18-13-7-8-16(15(19)9-13)20-10-12-6-5-11-3-1-2-4-14(11)17(12)21/h1-10,21H. The largest absolute Gasteiger partial charge is 0.507 e. The number of aliphatic imine (C=N–C) groups is 1. The van der Waals surface area contributed by atoms with E-state index in [9.17, 15) is 9.50 Å². The minimum absolute atomic E-state index is 0.148. The van der Waals surface area contributed by atoms with Crippen molar-refractivity contribution in [2.24, 2.45) is 4.99 Å². The van der Waals surface area contributed by atoms with Gasteiger partial charge < -0.3 is 5.11 Å². The molecule has 0 saturated heterocycles. The van der Waals surface area contributed by atoms with Crippen molar-refractivity contribution in [3.05, 3.63) is 70.5 Å². The third kappa shape index (κ3) is 2.81. The first-order valence-electron chi connectivity index (χ1n) is 6.35. The molecule has 0 aromatic heterocycles. The van der Waals surface area contributed by atoms with Crippen molar-refractivity contribution >= 4 is 38.6 Å². The summed E-state index contributed by atoms with van der Waals surface area (Å²) in [6.07, 6.45) is 1.47. The van der Waals surface area contributed by atoms with E-state index in [-0.39, 0.29) is 11.4 Å². The predicted octanol–water partition coefficient (Wildman–Crippen LogP) is 5.20. The van der Waals surface area contributed by atoms with E-state index >= 15 is 0 Å². The molecule has 104 valence electrons. The summed E-state index contributed by atoms with van der Waals surface area (Å²) in [5.41, 5.74) is 0.779. The molecule has 3 aromatic rings. The average Bonchev–Trinajstić information content (AvgIpc) is 2.48. The molecule has 0 aliphatic carbocycles. The smallest absolute Gasteiger partial charge is 0.149 e. The van der Waals surface area contributed by atoms with Crippen molar-refractivity contribution in [3.8, 4) is 5.75 Å². The lowest BCUT2D eigenvalue weighted by molar-refractivity contribution is 0.481. The number of aromatic hydroxyl groups is 1. The van der Waals surface area contributed by atoms with Crippen molar-refractivity contribution in [2.45, 2.75) is 0 Å². The number of halogens is 2. The van der Waals surface area contributed by atoms with Gasteiger partial charge >= 0.3 is 0 Å². The van der Waals surface area contributed by atoms with Gasteiger partial charge in [-0.15, -0.1) is 0 Å². The number of fused-ring (bicyclic) bond motifs is 1. The van der Waals surface area contributed by atoms with Gasteiger partial charge in [0.1, 0.15) is 11.6 Å².